The molecule has 0 aromatic rings. The topological polar surface area (TPSA) is 192 Å². The zero-order chi connectivity index (χ0) is 50.5. The second kappa shape index (κ2) is 45.9. The van der Waals surface area contributed by atoms with Gasteiger partial charge >= 0.3 is 13.8 Å². The summed E-state index contributed by atoms with van der Waals surface area (Å²) in [4.78, 5) is 23.3. The third kappa shape index (κ3) is 37.5. The molecule has 0 aliphatic heterocycles. The van der Waals surface area contributed by atoms with Gasteiger partial charge in [0.2, 0.25) is 0 Å². The monoisotopic (exact) mass is 997 g/mol. The zero-order valence-electron chi connectivity index (χ0n) is 43.4. The Labute approximate surface area is 419 Å². The van der Waals surface area contributed by atoms with Gasteiger partial charge in [-0.05, 0) is 57.8 Å². The first-order valence-corrected chi connectivity index (χ1v) is 29.1. The average molecular weight is 997 g/mol. The summed E-state index contributed by atoms with van der Waals surface area (Å²) < 4.78 is 34.3. The van der Waals surface area contributed by atoms with Gasteiger partial charge in [0.25, 0.3) is 0 Å². The average Bonchev–Trinajstić information content (AvgIpc) is 3.34. The van der Waals surface area contributed by atoms with E-state index in [1.54, 1.807) is 0 Å². The molecule has 0 radical (unpaired) electrons. The minimum absolute atomic E-state index is 0.0938. The molecule has 0 bridgehead atoms. The molecule has 69 heavy (non-hydrogen) atoms. The van der Waals surface area contributed by atoms with Crippen LogP contribution in [0.5, 0.6) is 0 Å². The molecule has 0 amide bonds. The molecule has 0 aromatic carbocycles. The van der Waals surface area contributed by atoms with Crippen LogP contribution in [0, 0.1) is 0 Å². The number of unbranched alkanes of at least 4 members (excludes halogenated alkanes) is 25. The van der Waals surface area contributed by atoms with E-state index in [0.29, 0.717) is 13.0 Å². The number of allylic oxidation sites excluding steroid dienone is 10. The first-order chi connectivity index (χ1) is 33.5. The highest BCUT2D eigenvalue weighted by Crippen LogP contribution is 2.47. The van der Waals surface area contributed by atoms with Crippen molar-refractivity contribution in [1.82, 2.24) is 0 Å². The van der Waals surface area contributed by atoms with Gasteiger partial charge in [0.15, 0.2) is 0 Å². The van der Waals surface area contributed by atoms with E-state index in [2.05, 4.69) is 74.6 Å². The van der Waals surface area contributed by atoms with Crippen LogP contribution in [0.4, 0.5) is 0 Å². The second-order valence-electron chi connectivity index (χ2n) is 19.1. The van der Waals surface area contributed by atoms with Gasteiger partial charge in [-0.25, -0.2) is 4.57 Å². The van der Waals surface area contributed by atoms with Crippen molar-refractivity contribution in [1.29, 1.82) is 0 Å². The van der Waals surface area contributed by atoms with Crippen LogP contribution in [0.2, 0.25) is 0 Å². The van der Waals surface area contributed by atoms with Crippen molar-refractivity contribution in [2.75, 3.05) is 19.8 Å². The van der Waals surface area contributed by atoms with Crippen LogP contribution < -0.4 is 0 Å². The van der Waals surface area contributed by atoms with Gasteiger partial charge in [-0.15, -0.1) is 0 Å². The van der Waals surface area contributed by atoms with E-state index in [1.807, 2.05) is 0 Å². The number of carbonyl (C=O) groups is 1. The van der Waals surface area contributed by atoms with Gasteiger partial charge in [-0.3, -0.25) is 13.8 Å². The summed E-state index contributed by atoms with van der Waals surface area (Å²) in [6, 6.07) is 0. The predicted octanol–water partition coefficient (Wildman–Crippen LogP) is 12.9. The highest BCUT2D eigenvalue weighted by Gasteiger charge is 2.51. The first kappa shape index (κ1) is 65.1. The summed E-state index contributed by atoms with van der Waals surface area (Å²) >= 11 is 0. The molecule has 0 aromatic heterocycles. The number of aliphatic hydroxyl groups excluding tert-OH is 5. The molecule has 12 nitrogen and oxygen atoms in total. The largest absolute Gasteiger partial charge is 0.472 e. The van der Waals surface area contributed by atoms with Crippen LogP contribution in [0.3, 0.4) is 0 Å². The number of phosphoric ester groups is 1. The number of carbonyl (C=O) groups excluding carboxylic acids is 1. The molecule has 0 saturated heterocycles. The number of ether oxygens (including phenoxy) is 2. The number of aliphatic hydroxyl groups is 5. The summed E-state index contributed by atoms with van der Waals surface area (Å²) in [6.07, 6.45) is 47.2. The molecule has 0 spiro atoms. The lowest BCUT2D eigenvalue weighted by Crippen LogP contribution is -2.64. The van der Waals surface area contributed by atoms with E-state index in [-0.39, 0.29) is 13.0 Å². The van der Waals surface area contributed by atoms with Crippen LogP contribution in [-0.2, 0) is 27.9 Å². The summed E-state index contributed by atoms with van der Waals surface area (Å²) in [5, 5.41) is 50.4. The van der Waals surface area contributed by atoms with E-state index in [4.69, 9.17) is 18.5 Å². The van der Waals surface area contributed by atoms with Crippen LogP contribution in [0.15, 0.2) is 60.8 Å². The van der Waals surface area contributed by atoms with Crippen LogP contribution in [-0.4, -0.2) is 98.9 Å². The Morgan fingerprint density at radius 1 is 0.478 bits per heavy atom. The van der Waals surface area contributed by atoms with Gasteiger partial charge in [0.05, 0.1) is 13.2 Å². The minimum Gasteiger partial charge on any atom is -0.457 e. The molecular weight excluding hydrogens is 896 g/mol. The Balaban J connectivity index is 2.32. The van der Waals surface area contributed by atoms with Crippen molar-refractivity contribution in [3.05, 3.63) is 60.8 Å². The van der Waals surface area contributed by atoms with E-state index in [1.165, 1.54) is 116 Å². The Kier molecular flexibility index (Phi) is 43.2. The van der Waals surface area contributed by atoms with Crippen molar-refractivity contribution in [3.8, 4) is 0 Å². The summed E-state index contributed by atoms with van der Waals surface area (Å²) in [6.45, 7) is 4.12. The van der Waals surface area contributed by atoms with Gasteiger partial charge in [0, 0.05) is 13.0 Å². The summed E-state index contributed by atoms with van der Waals surface area (Å²) in [5.41, 5.74) is 0. The Morgan fingerprint density at radius 3 is 1.30 bits per heavy atom. The van der Waals surface area contributed by atoms with E-state index in [0.717, 1.165) is 83.5 Å². The van der Waals surface area contributed by atoms with Crippen molar-refractivity contribution in [2.24, 2.45) is 0 Å². The third-order valence-corrected chi connectivity index (χ3v) is 13.6. The standard InChI is InChI=1S/C56H101O12P/c1-3-5-7-9-11-13-15-17-19-21-23-25-26-27-29-31-33-35-37-39-41-43-45-50(57)67-49(48-66-69(63,64)68-56-54(61)52(59)51(58)53(60)55(56)62)47-65-46-44-42-40-38-36-34-32-30-28-24-22-20-18-16-14-12-10-8-6-4-2/h6,8,12,14,18,20,24,28,32,34,49,51-56,58-62H,3-5,7,9-11,13,15-17,19,21-23,25-27,29-31,33,35-48H2,1-2H3,(H,63,64)/b8-6-,14-12-,20-18-,28-24-,34-32-. The SMILES string of the molecule is CC/C=C\C/C=C\C/C=C\C/C=C\C/C=C\CCCCCCOCC(COP(=O)(O)OC1C(O)C(O)C(O)C(O)C1O)OC(=O)CCCCCCCCCCCCCCCCCCCCCCCC. The molecule has 1 saturated carbocycles. The fraction of sp³-hybridized carbons (Fsp3) is 0.804. The molecule has 1 fully saturated rings. The lowest BCUT2D eigenvalue weighted by atomic mass is 9.85. The number of hydrogen-bond acceptors (Lipinski definition) is 11. The van der Waals surface area contributed by atoms with Crippen molar-refractivity contribution in [2.45, 2.75) is 268 Å². The lowest BCUT2D eigenvalue weighted by Gasteiger charge is -2.41. The molecule has 6 atom stereocenters. The van der Waals surface area contributed by atoms with E-state index < -0.39 is 63.1 Å². The van der Waals surface area contributed by atoms with Crippen LogP contribution in [0.25, 0.3) is 0 Å². The summed E-state index contributed by atoms with van der Waals surface area (Å²) in [7, 11) is -5.03. The second-order valence-corrected chi connectivity index (χ2v) is 20.5. The fourth-order valence-electron chi connectivity index (χ4n) is 8.33. The molecular formula is C56H101O12P. The molecule has 6 N–H and O–H groups in total. The smallest absolute Gasteiger partial charge is 0.457 e. The molecule has 1 aliphatic rings. The molecule has 1 aliphatic carbocycles. The number of rotatable bonds is 47. The molecule has 1 rings (SSSR count). The van der Waals surface area contributed by atoms with E-state index in [9.17, 15) is 39.8 Å². The zero-order valence-corrected chi connectivity index (χ0v) is 44.2. The van der Waals surface area contributed by atoms with Crippen molar-refractivity contribution < 1.29 is 58.3 Å². The lowest BCUT2D eigenvalue weighted by molar-refractivity contribution is -0.220. The van der Waals surface area contributed by atoms with Crippen molar-refractivity contribution >= 4 is 13.8 Å². The molecule has 6 unspecified atom stereocenters. The number of phosphoric acid groups is 1. The molecule has 0 heterocycles. The number of esters is 1. The van der Waals surface area contributed by atoms with Crippen molar-refractivity contribution in [3.63, 3.8) is 0 Å². The maximum Gasteiger partial charge on any atom is 0.472 e. The highest BCUT2D eigenvalue weighted by molar-refractivity contribution is 7.47. The summed E-state index contributed by atoms with van der Waals surface area (Å²) in [5.74, 6) is -0.484. The highest BCUT2D eigenvalue weighted by atomic mass is 31.2. The third-order valence-electron chi connectivity index (χ3n) is 12.7. The van der Waals surface area contributed by atoms with Gasteiger partial charge < -0.3 is 39.9 Å². The van der Waals surface area contributed by atoms with Gasteiger partial charge in [0.1, 0.15) is 42.7 Å². The van der Waals surface area contributed by atoms with Crippen LogP contribution >= 0.6 is 7.82 Å². The maximum atomic E-state index is 12.9. The van der Waals surface area contributed by atoms with Gasteiger partial charge in [-0.1, -0.05) is 222 Å². The minimum atomic E-state index is -5.03. The molecule has 402 valence electrons. The van der Waals surface area contributed by atoms with Gasteiger partial charge in [-0.2, -0.15) is 0 Å². The predicted molar refractivity (Wildman–Crippen MR) is 281 cm³/mol. The number of hydrogen-bond donors (Lipinski definition) is 6. The van der Waals surface area contributed by atoms with Crippen LogP contribution in [0.1, 0.15) is 226 Å². The quantitative estimate of drug-likeness (QED) is 0.0147. The molecule has 13 heteroatoms. The maximum absolute atomic E-state index is 12.9. The Morgan fingerprint density at radius 2 is 0.855 bits per heavy atom. The van der Waals surface area contributed by atoms with E-state index >= 15 is 0 Å². The first-order valence-electron chi connectivity index (χ1n) is 27.6. The Hall–Kier alpha value is -1.96. The normalized spacial score (nSPS) is 21.4. The fourth-order valence-corrected chi connectivity index (χ4v) is 9.30. The Bertz CT molecular complexity index is 1370.